The van der Waals surface area contributed by atoms with Crippen molar-refractivity contribution in [1.82, 2.24) is 69.8 Å². The molecule has 0 fully saturated rings. The van der Waals surface area contributed by atoms with Gasteiger partial charge in [0.1, 0.15) is 0 Å². The molecule has 0 amide bonds. The molecule has 27 rings (SSSR count). The summed E-state index contributed by atoms with van der Waals surface area (Å²) in [6, 6.07) is 145. The number of hydrogen-bond acceptors (Lipinski definition) is 14. The van der Waals surface area contributed by atoms with E-state index < -0.39 is 0 Å². The van der Waals surface area contributed by atoms with Crippen LogP contribution in [0.2, 0.25) is 0 Å². The lowest BCUT2D eigenvalue weighted by molar-refractivity contribution is 1.08. The van der Waals surface area contributed by atoms with Gasteiger partial charge in [-0.15, -0.1) is 0 Å². The predicted octanol–water partition coefficient (Wildman–Crippen LogP) is 30.4. The van der Waals surface area contributed by atoms with Gasteiger partial charge in [0.15, 0.2) is 29.1 Å². The van der Waals surface area contributed by atoms with Crippen molar-refractivity contribution in [2.45, 2.75) is 0 Å². The number of nitrogens with zero attached hydrogens (tertiary/aromatic N) is 14. The van der Waals surface area contributed by atoms with Crippen molar-refractivity contribution >= 4 is 130 Å². The smallest absolute Gasteiger partial charge is 0.164 e. The Kier molecular flexibility index (Phi) is 20.6. The Labute approximate surface area is 791 Å². The quantitative estimate of drug-likeness (QED) is 0.105. The van der Waals surface area contributed by atoms with E-state index in [1.807, 2.05) is 97.7 Å². The highest BCUT2D eigenvalue weighted by Gasteiger charge is 2.24. The Hall–Kier alpha value is -18.9. The van der Waals surface area contributed by atoms with Gasteiger partial charge in [0.25, 0.3) is 0 Å². The van der Waals surface area contributed by atoms with E-state index in [0.717, 1.165) is 193 Å². The normalized spacial score (nSPS) is 11.5. The first-order valence-corrected chi connectivity index (χ1v) is 45.9. The highest BCUT2D eigenvalue weighted by Crippen LogP contribution is 2.45. The monoisotopic (exact) mass is 1760 g/mol. The fourth-order valence-corrected chi connectivity index (χ4v) is 19.4. The minimum atomic E-state index is 0.591. The Balaban J connectivity index is 0.000000110. The minimum Gasteiger partial charge on any atom is -0.256 e. The first-order chi connectivity index (χ1) is 68.4. The van der Waals surface area contributed by atoms with Gasteiger partial charge >= 0.3 is 0 Å². The topological polar surface area (TPSA) is 180 Å². The zero-order valence-electron chi connectivity index (χ0n) is 74.1. The molecule has 0 atom stereocenters. The zero-order chi connectivity index (χ0) is 91.4. The molecule has 0 radical (unpaired) electrons. The SMILES string of the molecule is c1ccc(-c2ccc(-c3nc(-c4cc5ccccc5c5ccccc45)cc(-c4cc5cccnc5c5ncccc45)n3)cc2)cc1.c1ccc(-c2ccc(-c3nc(-c4cc5ccccc5c5ccccc45)cc(-c4cc5cccnc5c5ncccc45)n3)cc2)nc1.c1ccc(-c2ccc(-c3nc(-c4cc5ccccc5c5ccccc45)nc(-c4cc5cccnc5c5ncccc45)n3)cc2)cc1. The maximum atomic E-state index is 5.26. The molecule has 17 aromatic carbocycles. The van der Waals surface area contributed by atoms with Gasteiger partial charge in [-0.3, -0.25) is 34.9 Å². The van der Waals surface area contributed by atoms with E-state index in [0.29, 0.717) is 29.1 Å². The molecule has 10 heterocycles. The first kappa shape index (κ1) is 81.1. The summed E-state index contributed by atoms with van der Waals surface area (Å²) in [5.74, 6) is 3.15. The molecule has 138 heavy (non-hydrogen) atoms. The van der Waals surface area contributed by atoms with Gasteiger partial charge in [-0.1, -0.05) is 322 Å². The average Bonchev–Trinajstić information content (AvgIpc) is 0.749. The summed E-state index contributed by atoms with van der Waals surface area (Å²) in [7, 11) is 0. The summed E-state index contributed by atoms with van der Waals surface area (Å²) in [5, 5.41) is 20.1. The lowest BCUT2D eigenvalue weighted by Crippen LogP contribution is -2.01. The van der Waals surface area contributed by atoms with Gasteiger partial charge in [-0.25, -0.2) is 34.9 Å². The second-order valence-corrected chi connectivity index (χ2v) is 34.2. The molecule has 0 saturated carbocycles. The largest absolute Gasteiger partial charge is 0.256 e. The van der Waals surface area contributed by atoms with Crippen LogP contribution in [-0.4, -0.2) is 69.8 Å². The third kappa shape index (κ3) is 15.1. The fourth-order valence-electron chi connectivity index (χ4n) is 19.4. The molecule has 10 aromatic heterocycles. The molecule has 14 nitrogen and oxygen atoms in total. The van der Waals surface area contributed by atoms with Crippen molar-refractivity contribution in [2.75, 3.05) is 0 Å². The van der Waals surface area contributed by atoms with E-state index in [4.69, 9.17) is 49.8 Å². The van der Waals surface area contributed by atoms with Crippen LogP contribution in [0, 0.1) is 0 Å². The molecule has 642 valence electrons. The number of rotatable bonds is 12. The second kappa shape index (κ2) is 35.0. The van der Waals surface area contributed by atoms with Crippen LogP contribution in [-0.2, 0) is 0 Å². The van der Waals surface area contributed by atoms with Crippen LogP contribution in [0.1, 0.15) is 0 Å². The van der Waals surface area contributed by atoms with Crippen LogP contribution in [0.3, 0.4) is 0 Å². The van der Waals surface area contributed by atoms with Crippen molar-refractivity contribution in [3.05, 3.63) is 462 Å². The van der Waals surface area contributed by atoms with E-state index in [1.165, 1.54) is 43.3 Å². The summed E-state index contributed by atoms with van der Waals surface area (Å²) < 4.78 is 0. The van der Waals surface area contributed by atoms with E-state index in [2.05, 4.69) is 372 Å². The summed E-state index contributed by atoms with van der Waals surface area (Å²) in [6.07, 6.45) is 12.7. The first-order valence-electron chi connectivity index (χ1n) is 45.9. The molecular weight excluding hydrogens is 1690 g/mol. The van der Waals surface area contributed by atoms with Crippen molar-refractivity contribution in [3.8, 4) is 135 Å². The van der Waals surface area contributed by atoms with Crippen LogP contribution in [0.5, 0.6) is 0 Å². The van der Waals surface area contributed by atoms with Crippen molar-refractivity contribution in [2.24, 2.45) is 0 Å². The Morgan fingerprint density at radius 1 is 0.116 bits per heavy atom. The molecule has 0 saturated heterocycles. The molecule has 27 aromatic rings. The van der Waals surface area contributed by atoms with Crippen LogP contribution < -0.4 is 0 Å². The van der Waals surface area contributed by atoms with Gasteiger partial charge in [-0.05, 0) is 184 Å². The number of hydrogen-bond donors (Lipinski definition) is 0. The molecule has 0 bridgehead atoms. The molecule has 14 heteroatoms. The highest BCUT2D eigenvalue weighted by atomic mass is 15.0. The summed E-state index contributed by atoms with van der Waals surface area (Å²) >= 11 is 0. The van der Waals surface area contributed by atoms with Gasteiger partial charge in [0.2, 0.25) is 0 Å². The van der Waals surface area contributed by atoms with E-state index >= 15 is 0 Å². The lowest BCUT2D eigenvalue weighted by atomic mass is 9.94. The molecule has 0 N–H and O–H groups in total. The van der Waals surface area contributed by atoms with E-state index in [9.17, 15) is 0 Å². The molecular formula is C124H76N14. The van der Waals surface area contributed by atoms with Crippen LogP contribution in [0.4, 0.5) is 0 Å². The number of aromatic nitrogens is 14. The second-order valence-electron chi connectivity index (χ2n) is 34.2. The molecule has 0 aliphatic heterocycles. The summed E-state index contributed by atoms with van der Waals surface area (Å²) in [6.45, 7) is 0. The average molecular weight is 1760 g/mol. The van der Waals surface area contributed by atoms with Crippen LogP contribution >= 0.6 is 0 Å². The highest BCUT2D eigenvalue weighted by molar-refractivity contribution is 6.18. The molecule has 0 aliphatic carbocycles. The Morgan fingerprint density at radius 2 is 0.355 bits per heavy atom. The Morgan fingerprint density at radius 3 is 0.739 bits per heavy atom. The zero-order valence-corrected chi connectivity index (χ0v) is 74.1. The van der Waals surface area contributed by atoms with Crippen molar-refractivity contribution in [1.29, 1.82) is 0 Å². The van der Waals surface area contributed by atoms with Crippen molar-refractivity contribution in [3.63, 3.8) is 0 Å². The number of fused-ring (bicyclic) bond motifs is 18. The fraction of sp³-hybridized carbons (Fsp3) is 0. The van der Waals surface area contributed by atoms with Crippen LogP contribution in [0.25, 0.3) is 266 Å². The number of benzene rings is 17. The van der Waals surface area contributed by atoms with Gasteiger partial charge in [0.05, 0.1) is 61.6 Å². The molecule has 0 aliphatic rings. The number of pyridine rings is 7. The lowest BCUT2D eigenvalue weighted by Gasteiger charge is -2.15. The summed E-state index contributed by atoms with van der Waals surface area (Å²) in [5.41, 5.74) is 23.9. The maximum Gasteiger partial charge on any atom is 0.164 e. The van der Waals surface area contributed by atoms with Crippen molar-refractivity contribution < 1.29 is 0 Å². The van der Waals surface area contributed by atoms with Crippen LogP contribution in [0.15, 0.2) is 462 Å². The third-order valence-electron chi connectivity index (χ3n) is 26.0. The predicted molar refractivity (Wildman–Crippen MR) is 564 cm³/mol. The van der Waals surface area contributed by atoms with E-state index in [1.54, 1.807) is 12.4 Å². The third-order valence-corrected chi connectivity index (χ3v) is 26.0. The van der Waals surface area contributed by atoms with Gasteiger partial charge in [-0.2, -0.15) is 0 Å². The standard InChI is InChI=1S/C42H26N4.2C41H25N5/c1-2-10-27(11-3-1)28-18-20-29(21-19-28)42-45-38(36-24-30-12-4-5-14-32(30)33-15-6-7-16-34(33)36)26-39(46-42)37-25-31-13-8-22-43-40(31)41-35(37)17-9-23-44-41;1-2-11-30-28(9-1)23-34(32-13-4-3-12-31(30)32)37-25-38(35-24-29-10-7-21-43-39(29)40-33(35)14-8-22-44-40)46-41(45-37)27-18-16-26(17-19-27)36-15-5-6-20-42-36;1-2-10-26(11-3-1)27-18-20-28(21-19-27)39-44-40(35-24-29-12-4-5-14-31(29)32-15-6-7-16-33(32)35)46-41(45-39)36-25-30-13-8-22-42-37(30)38-34(36)17-9-23-43-38/h1-26H;2*1-25H. The van der Waals surface area contributed by atoms with Gasteiger partial charge in [0, 0.05) is 131 Å². The minimum absolute atomic E-state index is 0.591. The maximum absolute atomic E-state index is 5.26. The molecule has 0 spiro atoms. The van der Waals surface area contributed by atoms with E-state index in [-0.39, 0.29) is 0 Å². The Bertz CT molecular complexity index is 8190. The molecule has 0 unspecified atom stereocenters. The summed E-state index contributed by atoms with van der Waals surface area (Å²) in [4.78, 5) is 69.3. The van der Waals surface area contributed by atoms with Gasteiger partial charge < -0.3 is 0 Å².